The van der Waals surface area contributed by atoms with Crippen molar-refractivity contribution in [2.45, 2.75) is 64.9 Å². The fourth-order valence-corrected chi connectivity index (χ4v) is 6.61. The second kappa shape index (κ2) is 4.44. The lowest BCUT2D eigenvalue weighted by Gasteiger charge is -2.58. The molecule has 4 aliphatic rings. The minimum Gasteiger partial charge on any atom is -0.393 e. The van der Waals surface area contributed by atoms with E-state index in [4.69, 9.17) is 0 Å². The lowest BCUT2D eigenvalue weighted by Crippen LogP contribution is -2.52. The highest BCUT2D eigenvalue weighted by atomic mass is 16.3. The Morgan fingerprint density at radius 3 is 2.71 bits per heavy atom. The molecule has 0 radical (unpaired) electrons. The Bertz CT molecular complexity index is 496. The van der Waals surface area contributed by atoms with E-state index >= 15 is 0 Å². The molecule has 3 saturated carbocycles. The Morgan fingerprint density at radius 1 is 1.10 bits per heavy atom. The number of hydrogen-bond donors (Lipinski definition) is 1. The number of fused-ring (bicyclic) bond motifs is 5. The van der Waals surface area contributed by atoms with E-state index in [1.54, 1.807) is 0 Å². The van der Waals surface area contributed by atoms with Crippen LogP contribution in [0.15, 0.2) is 12.2 Å². The molecule has 0 heterocycles. The predicted molar refractivity (Wildman–Crippen MR) is 82.6 cm³/mol. The topological polar surface area (TPSA) is 37.3 Å². The minimum absolute atomic E-state index is 0.0857. The van der Waals surface area contributed by atoms with E-state index in [0.29, 0.717) is 17.6 Å². The summed E-state index contributed by atoms with van der Waals surface area (Å²) >= 11 is 0. The summed E-state index contributed by atoms with van der Waals surface area (Å²) in [5, 5.41) is 10.4. The standard InChI is InChI=1S/C19H28O2/c1-18-9-7-13(20)11-12(18)3-4-14-15-5-6-17(21)19(15,2)10-8-16(14)18/h7,9,12,14-17,21H,3-6,8,10-11H2,1-2H3/t12-,14-,15-,16-,17-,18-,19?/m0/s1. The number of rotatable bonds is 0. The van der Waals surface area contributed by atoms with Gasteiger partial charge in [0.25, 0.3) is 0 Å². The summed E-state index contributed by atoms with van der Waals surface area (Å²) < 4.78 is 0. The number of carbonyl (C=O) groups is 1. The number of carbonyl (C=O) groups excluding carboxylic acids is 1. The largest absolute Gasteiger partial charge is 0.393 e. The van der Waals surface area contributed by atoms with Gasteiger partial charge in [0.05, 0.1) is 6.10 Å². The minimum atomic E-state index is -0.0857. The van der Waals surface area contributed by atoms with E-state index in [9.17, 15) is 9.90 Å². The van der Waals surface area contributed by atoms with Gasteiger partial charge in [0, 0.05) is 6.42 Å². The Labute approximate surface area is 128 Å². The highest BCUT2D eigenvalue weighted by Crippen LogP contribution is 2.64. The Hall–Kier alpha value is -0.630. The van der Waals surface area contributed by atoms with E-state index in [0.717, 1.165) is 24.7 Å². The van der Waals surface area contributed by atoms with Crippen molar-refractivity contribution >= 4 is 5.78 Å². The summed E-state index contributed by atoms with van der Waals surface area (Å²) in [5.41, 5.74) is 0.393. The first-order valence-corrected chi connectivity index (χ1v) is 8.85. The number of aliphatic hydroxyl groups excluding tert-OH is 1. The third-order valence-corrected chi connectivity index (χ3v) is 7.99. The number of ketones is 1. The molecular formula is C19H28O2. The van der Waals surface area contributed by atoms with Crippen LogP contribution < -0.4 is 0 Å². The summed E-state index contributed by atoms with van der Waals surface area (Å²) in [6.45, 7) is 4.74. The zero-order valence-electron chi connectivity index (χ0n) is 13.3. The highest BCUT2D eigenvalue weighted by molar-refractivity contribution is 5.91. The van der Waals surface area contributed by atoms with E-state index in [-0.39, 0.29) is 16.9 Å². The SMILES string of the molecule is CC12CC[C@H]3[C@@H](CC[C@H]4CC(=O)C=C[C@@]43C)[C@@H]1CC[C@@H]2O. The van der Waals surface area contributed by atoms with Crippen molar-refractivity contribution in [3.63, 3.8) is 0 Å². The number of aliphatic hydroxyl groups is 1. The molecule has 0 aliphatic heterocycles. The molecule has 0 aromatic carbocycles. The summed E-state index contributed by atoms with van der Waals surface area (Å²) in [6.07, 6.45) is 11.9. The molecule has 0 aromatic rings. The first-order chi connectivity index (χ1) is 9.95. The van der Waals surface area contributed by atoms with Crippen molar-refractivity contribution in [1.82, 2.24) is 0 Å². The average Bonchev–Trinajstić information content (AvgIpc) is 2.76. The molecule has 3 fully saturated rings. The monoisotopic (exact) mass is 288 g/mol. The molecule has 2 nitrogen and oxygen atoms in total. The average molecular weight is 288 g/mol. The van der Waals surface area contributed by atoms with Crippen molar-refractivity contribution in [3.05, 3.63) is 12.2 Å². The van der Waals surface area contributed by atoms with Crippen LogP contribution >= 0.6 is 0 Å². The van der Waals surface area contributed by atoms with Crippen LogP contribution in [-0.2, 0) is 4.79 Å². The van der Waals surface area contributed by atoms with Crippen molar-refractivity contribution in [1.29, 1.82) is 0 Å². The van der Waals surface area contributed by atoms with Gasteiger partial charge in [-0.2, -0.15) is 0 Å². The van der Waals surface area contributed by atoms with E-state index in [2.05, 4.69) is 19.9 Å². The molecule has 0 spiro atoms. The maximum atomic E-state index is 11.8. The van der Waals surface area contributed by atoms with Gasteiger partial charge >= 0.3 is 0 Å². The molecule has 1 unspecified atom stereocenters. The quantitative estimate of drug-likeness (QED) is 0.737. The Balaban J connectivity index is 1.68. The van der Waals surface area contributed by atoms with E-state index in [1.165, 1.54) is 32.1 Å². The lowest BCUT2D eigenvalue weighted by atomic mass is 9.46. The van der Waals surface area contributed by atoms with Gasteiger partial charge in [-0.25, -0.2) is 0 Å². The second-order valence-corrected chi connectivity index (χ2v) is 8.66. The van der Waals surface area contributed by atoms with Gasteiger partial charge in [-0.15, -0.1) is 0 Å². The van der Waals surface area contributed by atoms with Crippen LogP contribution in [0.5, 0.6) is 0 Å². The number of allylic oxidation sites excluding steroid dienone is 2. The highest BCUT2D eigenvalue weighted by Gasteiger charge is 2.59. The van der Waals surface area contributed by atoms with Crippen LogP contribution in [0.2, 0.25) is 0 Å². The third kappa shape index (κ3) is 1.78. The Kier molecular flexibility index (Phi) is 2.96. The van der Waals surface area contributed by atoms with Crippen molar-refractivity contribution in [3.8, 4) is 0 Å². The van der Waals surface area contributed by atoms with Gasteiger partial charge in [-0.3, -0.25) is 4.79 Å². The molecule has 2 heteroatoms. The smallest absolute Gasteiger partial charge is 0.155 e. The fraction of sp³-hybridized carbons (Fsp3) is 0.842. The van der Waals surface area contributed by atoms with Crippen LogP contribution in [-0.4, -0.2) is 17.0 Å². The van der Waals surface area contributed by atoms with Gasteiger partial charge < -0.3 is 5.11 Å². The molecule has 21 heavy (non-hydrogen) atoms. The maximum Gasteiger partial charge on any atom is 0.155 e. The van der Waals surface area contributed by atoms with E-state index in [1.807, 2.05) is 6.08 Å². The molecular weight excluding hydrogens is 260 g/mol. The normalized spacial score (nSPS) is 55.8. The second-order valence-electron chi connectivity index (χ2n) is 8.66. The summed E-state index contributed by atoms with van der Waals surface area (Å²) in [6, 6.07) is 0. The van der Waals surface area contributed by atoms with Crippen molar-refractivity contribution in [2.75, 3.05) is 0 Å². The summed E-state index contributed by atoms with van der Waals surface area (Å²) in [7, 11) is 0. The molecule has 0 saturated heterocycles. The van der Waals surface area contributed by atoms with Gasteiger partial charge in [-0.05, 0) is 79.1 Å². The molecule has 0 aromatic heterocycles. The molecule has 4 aliphatic carbocycles. The van der Waals surface area contributed by atoms with E-state index < -0.39 is 0 Å². The fourth-order valence-electron chi connectivity index (χ4n) is 6.61. The maximum absolute atomic E-state index is 11.8. The van der Waals surface area contributed by atoms with Gasteiger partial charge in [0.1, 0.15) is 0 Å². The molecule has 116 valence electrons. The van der Waals surface area contributed by atoms with Gasteiger partial charge in [0.15, 0.2) is 5.78 Å². The van der Waals surface area contributed by atoms with Crippen LogP contribution in [0.4, 0.5) is 0 Å². The van der Waals surface area contributed by atoms with Crippen molar-refractivity contribution in [2.24, 2.45) is 34.5 Å². The molecule has 1 N–H and O–H groups in total. The zero-order chi connectivity index (χ0) is 14.8. The third-order valence-electron chi connectivity index (χ3n) is 7.99. The number of hydrogen-bond acceptors (Lipinski definition) is 2. The van der Waals surface area contributed by atoms with Crippen molar-refractivity contribution < 1.29 is 9.90 Å². The summed E-state index contributed by atoms with van der Waals surface area (Å²) in [5.74, 6) is 3.08. The zero-order valence-corrected chi connectivity index (χ0v) is 13.3. The Morgan fingerprint density at radius 2 is 1.90 bits per heavy atom. The molecule has 0 amide bonds. The molecule has 0 bridgehead atoms. The summed E-state index contributed by atoms with van der Waals surface area (Å²) in [4.78, 5) is 11.8. The van der Waals surface area contributed by atoms with Gasteiger partial charge in [-0.1, -0.05) is 19.9 Å². The van der Waals surface area contributed by atoms with Crippen LogP contribution in [0.25, 0.3) is 0 Å². The van der Waals surface area contributed by atoms with Crippen LogP contribution in [0.3, 0.4) is 0 Å². The predicted octanol–water partition coefficient (Wildman–Crippen LogP) is 3.74. The first kappa shape index (κ1) is 14.0. The first-order valence-electron chi connectivity index (χ1n) is 8.85. The molecule has 4 rings (SSSR count). The molecule has 7 atom stereocenters. The van der Waals surface area contributed by atoms with Crippen LogP contribution in [0.1, 0.15) is 58.8 Å². The van der Waals surface area contributed by atoms with Gasteiger partial charge in [0.2, 0.25) is 0 Å². The van der Waals surface area contributed by atoms with Crippen LogP contribution in [0, 0.1) is 34.5 Å². The lowest BCUT2D eigenvalue weighted by molar-refractivity contribution is -0.123.